The van der Waals surface area contributed by atoms with Crippen LogP contribution in [0.3, 0.4) is 0 Å². The fraction of sp³-hybridized carbons (Fsp3) is 0.250. The molecule has 244 valence electrons. The molecule has 0 fully saturated rings. The molecule has 5 aromatic rings. The van der Waals surface area contributed by atoms with Crippen LogP contribution in [-0.4, -0.2) is 40.5 Å². The predicted octanol–water partition coefficient (Wildman–Crippen LogP) is 8.92. The Morgan fingerprint density at radius 1 is 0.917 bits per heavy atom. The standard InChI is InChI=1S/C40H39N3O5/c1-7-29(35-23-42-36-20-27(22-41)14-17-32(35)36)30-18-15-28(37(44)43(6)39(46)48-40(3,4)5)21-33(30)31-16-13-25(2)19-34(31)38(45)47-24-26-11-9-8-10-12-26/h8-21,23,29,42H,7,24H2,1-6H3. The summed E-state index contributed by atoms with van der Waals surface area (Å²) in [6, 6.07) is 28.1. The van der Waals surface area contributed by atoms with Gasteiger partial charge in [-0.3, -0.25) is 4.79 Å². The number of nitriles is 1. The molecule has 0 saturated carbocycles. The average Bonchev–Trinajstić information content (AvgIpc) is 3.49. The summed E-state index contributed by atoms with van der Waals surface area (Å²) in [5, 5.41) is 10.4. The van der Waals surface area contributed by atoms with E-state index in [-0.39, 0.29) is 18.1 Å². The van der Waals surface area contributed by atoms with Gasteiger partial charge in [-0.15, -0.1) is 0 Å². The van der Waals surface area contributed by atoms with Crippen molar-refractivity contribution in [2.24, 2.45) is 0 Å². The van der Waals surface area contributed by atoms with Crippen LogP contribution in [-0.2, 0) is 16.1 Å². The minimum Gasteiger partial charge on any atom is -0.457 e. The number of esters is 1. The molecule has 0 aliphatic carbocycles. The Hall–Kier alpha value is -5.68. The van der Waals surface area contributed by atoms with Gasteiger partial charge < -0.3 is 14.5 Å². The normalized spacial score (nSPS) is 11.9. The molecule has 1 heterocycles. The molecule has 8 heteroatoms. The van der Waals surface area contributed by atoms with Crippen molar-refractivity contribution in [3.63, 3.8) is 0 Å². The summed E-state index contributed by atoms with van der Waals surface area (Å²) >= 11 is 0. The Kier molecular flexibility index (Phi) is 9.81. The highest BCUT2D eigenvalue weighted by atomic mass is 16.6. The zero-order valence-electron chi connectivity index (χ0n) is 28.1. The highest BCUT2D eigenvalue weighted by Crippen LogP contribution is 2.40. The summed E-state index contributed by atoms with van der Waals surface area (Å²) in [4.78, 5) is 44.6. The van der Waals surface area contributed by atoms with Crippen molar-refractivity contribution in [1.82, 2.24) is 9.88 Å². The first-order valence-corrected chi connectivity index (χ1v) is 15.9. The van der Waals surface area contributed by atoms with Gasteiger partial charge in [0.15, 0.2) is 0 Å². The summed E-state index contributed by atoms with van der Waals surface area (Å²) in [7, 11) is 1.39. The van der Waals surface area contributed by atoms with Crippen LogP contribution in [0.25, 0.3) is 22.0 Å². The number of aryl methyl sites for hydroxylation is 1. The van der Waals surface area contributed by atoms with Gasteiger partial charge in [-0.1, -0.05) is 67.1 Å². The van der Waals surface area contributed by atoms with Crippen LogP contribution in [0, 0.1) is 18.3 Å². The van der Waals surface area contributed by atoms with E-state index in [1.54, 1.807) is 45.0 Å². The second kappa shape index (κ2) is 14.0. The number of rotatable bonds is 8. The molecule has 0 radical (unpaired) electrons. The van der Waals surface area contributed by atoms with Crippen molar-refractivity contribution >= 4 is 28.9 Å². The number of nitrogens with zero attached hydrogens (tertiary/aromatic N) is 2. The summed E-state index contributed by atoms with van der Waals surface area (Å²) in [6.45, 7) is 9.31. The van der Waals surface area contributed by atoms with Gasteiger partial charge in [0.1, 0.15) is 12.2 Å². The van der Waals surface area contributed by atoms with Gasteiger partial charge >= 0.3 is 12.1 Å². The number of amides is 2. The molecule has 0 spiro atoms. The van der Waals surface area contributed by atoms with E-state index in [9.17, 15) is 19.6 Å². The zero-order valence-corrected chi connectivity index (χ0v) is 28.1. The van der Waals surface area contributed by atoms with Crippen LogP contribution in [0.1, 0.15) is 88.6 Å². The molecule has 5 rings (SSSR count). The number of ether oxygens (including phenoxy) is 2. The summed E-state index contributed by atoms with van der Waals surface area (Å²) in [6.07, 6.45) is 1.88. The fourth-order valence-electron chi connectivity index (χ4n) is 5.81. The third-order valence-electron chi connectivity index (χ3n) is 8.17. The Bertz CT molecular complexity index is 2030. The first-order valence-electron chi connectivity index (χ1n) is 15.9. The lowest BCUT2D eigenvalue weighted by Crippen LogP contribution is -2.38. The minimum atomic E-state index is -0.779. The number of aromatic nitrogens is 1. The zero-order chi connectivity index (χ0) is 34.6. The summed E-state index contributed by atoms with van der Waals surface area (Å²) in [5.74, 6) is -1.18. The molecule has 4 aromatic carbocycles. The molecule has 1 atom stereocenters. The minimum absolute atomic E-state index is 0.108. The SMILES string of the molecule is CCC(c1ccc(C(=O)N(C)C(=O)OC(C)(C)C)cc1-c1ccc(C)cc1C(=O)OCc1ccccc1)c1c[nH]c2cc(C#N)ccc12. The van der Waals surface area contributed by atoms with Crippen LogP contribution >= 0.6 is 0 Å². The number of nitrogens with one attached hydrogen (secondary N) is 1. The number of aromatic amines is 1. The van der Waals surface area contributed by atoms with Crippen LogP contribution in [0.4, 0.5) is 4.79 Å². The molecule has 1 aromatic heterocycles. The van der Waals surface area contributed by atoms with Gasteiger partial charge in [-0.25, -0.2) is 14.5 Å². The molecule has 0 aliphatic heterocycles. The van der Waals surface area contributed by atoms with Crippen molar-refractivity contribution in [1.29, 1.82) is 5.26 Å². The number of imide groups is 1. The van der Waals surface area contributed by atoms with E-state index in [1.807, 2.05) is 73.8 Å². The van der Waals surface area contributed by atoms with Gasteiger partial charge in [0.05, 0.1) is 17.2 Å². The lowest BCUT2D eigenvalue weighted by molar-refractivity contribution is 0.0284. The Labute approximate surface area is 280 Å². The number of hydrogen-bond donors (Lipinski definition) is 1. The Morgan fingerprint density at radius 3 is 2.35 bits per heavy atom. The van der Waals surface area contributed by atoms with Crippen LogP contribution in [0.5, 0.6) is 0 Å². The van der Waals surface area contributed by atoms with Crippen molar-refractivity contribution in [3.8, 4) is 17.2 Å². The second-order valence-electron chi connectivity index (χ2n) is 12.8. The van der Waals surface area contributed by atoms with Crippen molar-refractivity contribution < 1.29 is 23.9 Å². The maximum Gasteiger partial charge on any atom is 0.417 e. The smallest absolute Gasteiger partial charge is 0.417 e. The Morgan fingerprint density at radius 2 is 1.67 bits per heavy atom. The third-order valence-corrected chi connectivity index (χ3v) is 8.17. The molecule has 1 N–H and O–H groups in total. The van der Waals surface area contributed by atoms with E-state index >= 15 is 0 Å². The van der Waals surface area contributed by atoms with Gasteiger partial charge in [0.25, 0.3) is 5.91 Å². The maximum atomic E-state index is 13.7. The highest BCUT2D eigenvalue weighted by molar-refractivity contribution is 6.04. The first-order chi connectivity index (χ1) is 22.9. The van der Waals surface area contributed by atoms with Gasteiger partial charge in [0.2, 0.25) is 0 Å². The predicted molar refractivity (Wildman–Crippen MR) is 186 cm³/mol. The average molecular weight is 642 g/mol. The third kappa shape index (κ3) is 7.31. The molecular formula is C40H39N3O5. The Balaban J connectivity index is 1.65. The van der Waals surface area contributed by atoms with Crippen LogP contribution in [0.15, 0.2) is 91.1 Å². The topological polar surface area (TPSA) is 112 Å². The van der Waals surface area contributed by atoms with E-state index in [1.165, 1.54) is 7.05 Å². The number of carbonyl (C=O) groups is 3. The van der Waals surface area contributed by atoms with Crippen molar-refractivity contribution in [2.75, 3.05) is 7.05 Å². The largest absolute Gasteiger partial charge is 0.457 e. The number of fused-ring (bicyclic) bond motifs is 1. The van der Waals surface area contributed by atoms with E-state index in [0.717, 1.165) is 38.1 Å². The quantitative estimate of drug-likeness (QED) is 0.169. The fourth-order valence-corrected chi connectivity index (χ4v) is 5.81. The molecule has 0 aliphatic rings. The molecular weight excluding hydrogens is 602 g/mol. The monoisotopic (exact) mass is 641 g/mol. The van der Waals surface area contributed by atoms with Gasteiger partial charge in [0, 0.05) is 35.6 Å². The lowest BCUT2D eigenvalue weighted by Gasteiger charge is -2.25. The molecule has 2 amide bonds. The van der Waals surface area contributed by atoms with E-state index < -0.39 is 23.6 Å². The number of benzene rings is 4. The van der Waals surface area contributed by atoms with Gasteiger partial charge in [-0.05, 0) is 92.3 Å². The highest BCUT2D eigenvalue weighted by Gasteiger charge is 2.28. The van der Waals surface area contributed by atoms with E-state index in [0.29, 0.717) is 28.7 Å². The molecule has 1 unspecified atom stereocenters. The number of hydrogen-bond acceptors (Lipinski definition) is 6. The molecule has 48 heavy (non-hydrogen) atoms. The molecule has 0 bridgehead atoms. The van der Waals surface area contributed by atoms with Gasteiger partial charge in [-0.2, -0.15) is 5.26 Å². The number of carbonyl (C=O) groups excluding carboxylic acids is 3. The first kappa shape index (κ1) is 33.7. The second-order valence-corrected chi connectivity index (χ2v) is 12.8. The lowest BCUT2D eigenvalue weighted by atomic mass is 9.82. The van der Waals surface area contributed by atoms with Crippen LogP contribution < -0.4 is 0 Å². The summed E-state index contributed by atoms with van der Waals surface area (Å²) in [5.41, 5.74) is 6.17. The van der Waals surface area contributed by atoms with Crippen molar-refractivity contribution in [3.05, 3.63) is 130 Å². The van der Waals surface area contributed by atoms with Crippen LogP contribution in [0.2, 0.25) is 0 Å². The number of H-pyrrole nitrogens is 1. The molecule has 8 nitrogen and oxygen atoms in total. The van der Waals surface area contributed by atoms with Crippen molar-refractivity contribution in [2.45, 2.75) is 59.2 Å². The maximum absolute atomic E-state index is 13.7. The van der Waals surface area contributed by atoms with E-state index in [4.69, 9.17) is 9.47 Å². The molecule has 0 saturated heterocycles. The van der Waals surface area contributed by atoms with E-state index in [2.05, 4.69) is 18.0 Å². The summed E-state index contributed by atoms with van der Waals surface area (Å²) < 4.78 is 11.2.